The lowest BCUT2D eigenvalue weighted by molar-refractivity contribution is -0.142. The SMILES string of the molecule is CCCn1ccnc1CNC(C)C(=O)OC. The molecule has 90 valence electrons. The zero-order chi connectivity index (χ0) is 12.0. The molecule has 0 fully saturated rings. The standard InChI is InChI=1S/C11H19N3O2/c1-4-6-14-7-5-12-10(14)8-13-9(2)11(15)16-3/h5,7,9,13H,4,6,8H2,1-3H3. The van der Waals surface area contributed by atoms with Crippen LogP contribution in [0.5, 0.6) is 0 Å². The highest BCUT2D eigenvalue weighted by Crippen LogP contribution is 2.00. The Morgan fingerprint density at radius 3 is 3.06 bits per heavy atom. The summed E-state index contributed by atoms with van der Waals surface area (Å²) in [5, 5.41) is 3.08. The summed E-state index contributed by atoms with van der Waals surface area (Å²) in [6, 6.07) is -0.309. The number of carbonyl (C=O) groups is 1. The van der Waals surface area contributed by atoms with Crippen LogP contribution in [0.1, 0.15) is 26.1 Å². The van der Waals surface area contributed by atoms with Crippen molar-refractivity contribution in [1.82, 2.24) is 14.9 Å². The second kappa shape index (κ2) is 6.27. The van der Waals surface area contributed by atoms with Crippen LogP contribution in [0.25, 0.3) is 0 Å². The minimum absolute atomic E-state index is 0.256. The van der Waals surface area contributed by atoms with Crippen molar-refractivity contribution >= 4 is 5.97 Å². The van der Waals surface area contributed by atoms with Crippen LogP contribution in [-0.2, 0) is 22.6 Å². The summed E-state index contributed by atoms with van der Waals surface area (Å²) in [5.74, 6) is 0.686. The highest BCUT2D eigenvalue weighted by atomic mass is 16.5. The maximum Gasteiger partial charge on any atom is 0.322 e. The van der Waals surface area contributed by atoms with Gasteiger partial charge in [-0.05, 0) is 13.3 Å². The van der Waals surface area contributed by atoms with Gasteiger partial charge in [0.05, 0.1) is 13.7 Å². The minimum atomic E-state index is -0.309. The molecule has 5 heteroatoms. The zero-order valence-corrected chi connectivity index (χ0v) is 10.1. The molecule has 0 aromatic carbocycles. The van der Waals surface area contributed by atoms with Gasteiger partial charge in [0.25, 0.3) is 0 Å². The topological polar surface area (TPSA) is 56.2 Å². The number of nitrogens with zero attached hydrogens (tertiary/aromatic N) is 2. The smallest absolute Gasteiger partial charge is 0.322 e. The lowest BCUT2D eigenvalue weighted by Gasteiger charge is -2.12. The van der Waals surface area contributed by atoms with Crippen molar-refractivity contribution in [2.24, 2.45) is 0 Å². The Balaban J connectivity index is 2.47. The third-order valence-corrected chi connectivity index (χ3v) is 2.39. The summed E-state index contributed by atoms with van der Waals surface area (Å²) in [4.78, 5) is 15.4. The Morgan fingerprint density at radius 2 is 2.44 bits per heavy atom. The average molecular weight is 225 g/mol. The lowest BCUT2D eigenvalue weighted by atomic mass is 10.3. The number of ether oxygens (including phenoxy) is 1. The molecule has 1 unspecified atom stereocenters. The molecule has 1 atom stereocenters. The first-order chi connectivity index (χ1) is 7.69. The average Bonchev–Trinajstić information content (AvgIpc) is 2.73. The molecule has 1 aromatic rings. The van der Waals surface area contributed by atoms with E-state index in [0.29, 0.717) is 6.54 Å². The second-order valence-corrected chi connectivity index (χ2v) is 3.66. The van der Waals surface area contributed by atoms with Crippen molar-refractivity contribution in [2.45, 2.75) is 39.4 Å². The van der Waals surface area contributed by atoms with E-state index in [4.69, 9.17) is 0 Å². The second-order valence-electron chi connectivity index (χ2n) is 3.66. The van der Waals surface area contributed by atoms with E-state index in [9.17, 15) is 4.79 Å². The number of rotatable bonds is 6. The van der Waals surface area contributed by atoms with Crippen LogP contribution in [0.2, 0.25) is 0 Å². The summed E-state index contributed by atoms with van der Waals surface area (Å²) >= 11 is 0. The molecule has 0 radical (unpaired) electrons. The van der Waals surface area contributed by atoms with Gasteiger partial charge in [0.1, 0.15) is 11.9 Å². The number of aromatic nitrogens is 2. The van der Waals surface area contributed by atoms with E-state index >= 15 is 0 Å². The number of carbonyl (C=O) groups excluding carboxylic acids is 1. The molecule has 1 N–H and O–H groups in total. The first kappa shape index (κ1) is 12.7. The minimum Gasteiger partial charge on any atom is -0.468 e. The molecule has 0 bridgehead atoms. The van der Waals surface area contributed by atoms with Gasteiger partial charge in [0.2, 0.25) is 0 Å². The van der Waals surface area contributed by atoms with Crippen molar-refractivity contribution in [1.29, 1.82) is 0 Å². The van der Waals surface area contributed by atoms with Crippen LogP contribution in [0.4, 0.5) is 0 Å². The molecule has 0 spiro atoms. The predicted octanol–water partition coefficient (Wildman–Crippen LogP) is 0.944. The Kier molecular flexibility index (Phi) is 4.98. The van der Waals surface area contributed by atoms with Crippen LogP contribution in [0, 0.1) is 0 Å². The molecule has 0 amide bonds. The highest BCUT2D eigenvalue weighted by molar-refractivity contribution is 5.74. The fraction of sp³-hybridized carbons (Fsp3) is 0.636. The molecule has 0 aliphatic rings. The zero-order valence-electron chi connectivity index (χ0n) is 10.1. The summed E-state index contributed by atoms with van der Waals surface area (Å²) in [5.41, 5.74) is 0. The first-order valence-corrected chi connectivity index (χ1v) is 5.50. The van der Waals surface area contributed by atoms with Gasteiger partial charge in [-0.3, -0.25) is 10.1 Å². The number of hydrogen-bond donors (Lipinski definition) is 1. The van der Waals surface area contributed by atoms with Crippen LogP contribution < -0.4 is 5.32 Å². The van der Waals surface area contributed by atoms with Gasteiger partial charge < -0.3 is 9.30 Å². The van der Waals surface area contributed by atoms with Crippen LogP contribution in [0.15, 0.2) is 12.4 Å². The van der Waals surface area contributed by atoms with Gasteiger partial charge in [-0.25, -0.2) is 4.98 Å². The van der Waals surface area contributed by atoms with E-state index in [1.165, 1.54) is 7.11 Å². The van der Waals surface area contributed by atoms with Gasteiger partial charge in [-0.2, -0.15) is 0 Å². The van der Waals surface area contributed by atoms with E-state index in [0.717, 1.165) is 18.8 Å². The number of imidazole rings is 1. The Bertz CT molecular complexity index is 336. The Morgan fingerprint density at radius 1 is 1.69 bits per heavy atom. The van der Waals surface area contributed by atoms with Crippen molar-refractivity contribution < 1.29 is 9.53 Å². The number of methoxy groups -OCH3 is 1. The van der Waals surface area contributed by atoms with Crippen LogP contribution >= 0.6 is 0 Å². The summed E-state index contributed by atoms with van der Waals surface area (Å²) in [7, 11) is 1.39. The Labute approximate surface area is 95.8 Å². The number of nitrogens with one attached hydrogen (secondary N) is 1. The highest BCUT2D eigenvalue weighted by Gasteiger charge is 2.12. The van der Waals surface area contributed by atoms with Gasteiger partial charge in [-0.15, -0.1) is 0 Å². The van der Waals surface area contributed by atoms with E-state index in [-0.39, 0.29) is 12.0 Å². The van der Waals surface area contributed by atoms with Gasteiger partial charge >= 0.3 is 5.97 Å². The molecule has 0 saturated carbocycles. The van der Waals surface area contributed by atoms with Crippen molar-refractivity contribution in [3.05, 3.63) is 18.2 Å². The Hall–Kier alpha value is -1.36. The molecule has 0 saturated heterocycles. The van der Waals surface area contributed by atoms with E-state index in [2.05, 4.69) is 26.5 Å². The van der Waals surface area contributed by atoms with Crippen molar-refractivity contribution in [3.8, 4) is 0 Å². The molecule has 0 aliphatic heterocycles. The predicted molar refractivity (Wildman–Crippen MR) is 60.8 cm³/mol. The molecule has 5 nitrogen and oxygen atoms in total. The third kappa shape index (κ3) is 3.34. The molecule has 1 heterocycles. The normalized spacial score (nSPS) is 12.4. The van der Waals surface area contributed by atoms with E-state index in [1.54, 1.807) is 13.1 Å². The molecule has 16 heavy (non-hydrogen) atoms. The molecular formula is C11H19N3O2. The largest absolute Gasteiger partial charge is 0.468 e. The van der Waals surface area contributed by atoms with Crippen molar-refractivity contribution in [3.63, 3.8) is 0 Å². The maximum atomic E-state index is 11.2. The fourth-order valence-electron chi connectivity index (χ4n) is 1.46. The van der Waals surface area contributed by atoms with Gasteiger partial charge in [-0.1, -0.05) is 6.92 Å². The monoisotopic (exact) mass is 225 g/mol. The van der Waals surface area contributed by atoms with Crippen LogP contribution in [0.3, 0.4) is 0 Å². The lowest BCUT2D eigenvalue weighted by Crippen LogP contribution is -2.35. The molecule has 1 aromatic heterocycles. The van der Waals surface area contributed by atoms with Crippen molar-refractivity contribution in [2.75, 3.05) is 7.11 Å². The molecular weight excluding hydrogens is 206 g/mol. The van der Waals surface area contributed by atoms with Gasteiger partial charge in [0.15, 0.2) is 0 Å². The number of esters is 1. The number of aryl methyl sites for hydroxylation is 1. The van der Waals surface area contributed by atoms with Gasteiger partial charge in [0, 0.05) is 18.9 Å². The summed E-state index contributed by atoms with van der Waals surface area (Å²) < 4.78 is 6.71. The van der Waals surface area contributed by atoms with E-state index < -0.39 is 0 Å². The maximum absolute atomic E-state index is 11.2. The summed E-state index contributed by atoms with van der Waals surface area (Å²) in [6.45, 7) is 5.42. The van der Waals surface area contributed by atoms with E-state index in [1.807, 2.05) is 6.20 Å². The number of hydrogen-bond acceptors (Lipinski definition) is 4. The first-order valence-electron chi connectivity index (χ1n) is 5.50. The fourth-order valence-corrected chi connectivity index (χ4v) is 1.46. The van der Waals surface area contributed by atoms with Crippen LogP contribution in [-0.4, -0.2) is 28.7 Å². The summed E-state index contributed by atoms with van der Waals surface area (Å²) in [6.07, 6.45) is 4.79. The molecule has 0 aliphatic carbocycles. The molecule has 1 rings (SSSR count). The quantitative estimate of drug-likeness (QED) is 0.732. The third-order valence-electron chi connectivity index (χ3n) is 2.39.